The van der Waals surface area contributed by atoms with E-state index in [-0.39, 0.29) is 0 Å². The fourth-order valence-electron chi connectivity index (χ4n) is 4.95. The molecule has 17 heavy (non-hydrogen) atoms. The topological polar surface area (TPSA) is 41.1 Å². The lowest BCUT2D eigenvalue weighted by Crippen LogP contribution is -2.46. The van der Waals surface area contributed by atoms with Gasteiger partial charge >= 0.3 is 0 Å². The molecule has 1 heterocycles. The summed E-state index contributed by atoms with van der Waals surface area (Å²) in [6.07, 6.45) is 6.60. The van der Waals surface area contributed by atoms with Gasteiger partial charge in [-0.1, -0.05) is 0 Å². The van der Waals surface area contributed by atoms with E-state index in [4.69, 9.17) is 0 Å². The first kappa shape index (κ1) is 10.4. The van der Waals surface area contributed by atoms with Crippen LogP contribution in [0.15, 0.2) is 0 Å². The molecule has 4 rings (SSSR count). The van der Waals surface area contributed by atoms with Gasteiger partial charge in [0.15, 0.2) is 0 Å². The minimum absolute atomic E-state index is 0.380. The third kappa shape index (κ3) is 1.55. The van der Waals surface area contributed by atoms with Gasteiger partial charge in [-0.25, -0.2) is 0 Å². The van der Waals surface area contributed by atoms with E-state index in [1.165, 1.54) is 25.7 Å². The third-order valence-electron chi connectivity index (χ3n) is 5.68. The maximum atomic E-state index is 12.3. The van der Waals surface area contributed by atoms with E-state index in [1.54, 1.807) is 0 Å². The summed E-state index contributed by atoms with van der Waals surface area (Å²) >= 11 is 0. The van der Waals surface area contributed by atoms with Crippen molar-refractivity contribution in [2.24, 2.45) is 29.6 Å². The molecular weight excluding hydrogens is 212 g/mol. The van der Waals surface area contributed by atoms with Gasteiger partial charge in [0.2, 0.25) is 5.91 Å². The molecule has 1 amide bonds. The van der Waals surface area contributed by atoms with E-state index in [0.29, 0.717) is 17.9 Å². The number of amides is 1. The second-order valence-electron chi connectivity index (χ2n) is 6.57. The number of nitrogens with one attached hydrogen (secondary N) is 2. The Morgan fingerprint density at radius 2 is 1.88 bits per heavy atom. The van der Waals surface area contributed by atoms with E-state index in [1.807, 2.05) is 0 Å². The summed E-state index contributed by atoms with van der Waals surface area (Å²) in [5.41, 5.74) is 0. The lowest BCUT2D eigenvalue weighted by molar-refractivity contribution is -0.124. The molecule has 0 aromatic carbocycles. The van der Waals surface area contributed by atoms with Crippen molar-refractivity contribution in [2.75, 3.05) is 13.1 Å². The van der Waals surface area contributed by atoms with Crippen LogP contribution in [0.4, 0.5) is 0 Å². The number of carbonyl (C=O) groups excluding carboxylic acids is 1. The van der Waals surface area contributed by atoms with E-state index in [9.17, 15) is 4.79 Å². The molecule has 3 nitrogen and oxygen atoms in total. The fourth-order valence-corrected chi connectivity index (χ4v) is 4.95. The van der Waals surface area contributed by atoms with Crippen LogP contribution in [0.2, 0.25) is 0 Å². The first-order valence-corrected chi connectivity index (χ1v) is 7.35. The highest BCUT2D eigenvalue weighted by atomic mass is 16.2. The average molecular weight is 234 g/mol. The minimum atomic E-state index is 0.380. The molecule has 2 bridgehead atoms. The Labute approximate surface area is 103 Å². The summed E-state index contributed by atoms with van der Waals surface area (Å²) < 4.78 is 0. The van der Waals surface area contributed by atoms with E-state index < -0.39 is 0 Å². The number of piperidine rings is 1. The summed E-state index contributed by atoms with van der Waals surface area (Å²) in [7, 11) is 0. The molecule has 1 aliphatic heterocycles. The van der Waals surface area contributed by atoms with Gasteiger partial charge in [0, 0.05) is 18.5 Å². The van der Waals surface area contributed by atoms with Crippen molar-refractivity contribution in [3.63, 3.8) is 0 Å². The number of rotatable bonds is 2. The number of carbonyl (C=O) groups is 1. The van der Waals surface area contributed by atoms with Gasteiger partial charge in [-0.3, -0.25) is 4.79 Å². The van der Waals surface area contributed by atoms with Crippen molar-refractivity contribution in [1.82, 2.24) is 10.6 Å². The molecule has 0 aromatic rings. The third-order valence-corrected chi connectivity index (χ3v) is 5.68. The van der Waals surface area contributed by atoms with Crippen molar-refractivity contribution in [2.45, 2.75) is 38.1 Å². The molecule has 94 valence electrons. The van der Waals surface area contributed by atoms with Crippen LogP contribution < -0.4 is 10.6 Å². The molecule has 3 heteroatoms. The Morgan fingerprint density at radius 1 is 1.12 bits per heavy atom. The summed E-state index contributed by atoms with van der Waals surface area (Å²) in [5, 5.41) is 6.64. The van der Waals surface area contributed by atoms with E-state index >= 15 is 0 Å². The summed E-state index contributed by atoms with van der Waals surface area (Å²) in [6.45, 7) is 2.09. The van der Waals surface area contributed by atoms with Crippen molar-refractivity contribution < 1.29 is 4.79 Å². The first-order chi connectivity index (χ1) is 8.34. The Kier molecular flexibility index (Phi) is 2.26. The summed E-state index contributed by atoms with van der Waals surface area (Å²) in [6, 6.07) is 0.398. The van der Waals surface area contributed by atoms with Crippen molar-refractivity contribution in [1.29, 1.82) is 0 Å². The van der Waals surface area contributed by atoms with Crippen LogP contribution >= 0.6 is 0 Å². The molecule has 3 aliphatic carbocycles. The molecule has 0 spiro atoms. The van der Waals surface area contributed by atoms with Gasteiger partial charge in [0.1, 0.15) is 0 Å². The molecule has 4 unspecified atom stereocenters. The number of fused-ring (bicyclic) bond motifs is 5. The lowest BCUT2D eigenvalue weighted by Gasteiger charge is -2.24. The van der Waals surface area contributed by atoms with E-state index in [0.717, 1.165) is 43.2 Å². The SMILES string of the molecule is O=C(N[C@@H]1CCCNC1)C1C2C3CCC(C3)C12. The largest absolute Gasteiger partial charge is 0.352 e. The second kappa shape index (κ2) is 3.71. The summed E-state index contributed by atoms with van der Waals surface area (Å²) in [5.74, 6) is 4.17. The van der Waals surface area contributed by atoms with Gasteiger partial charge in [0.05, 0.1) is 0 Å². The Balaban J connectivity index is 1.36. The molecule has 0 radical (unpaired) electrons. The fraction of sp³-hybridized carbons (Fsp3) is 0.929. The zero-order valence-corrected chi connectivity index (χ0v) is 10.3. The minimum Gasteiger partial charge on any atom is -0.352 e. The Bertz CT molecular complexity index is 321. The predicted octanol–water partition coefficient (Wildman–Crippen LogP) is 1.15. The maximum Gasteiger partial charge on any atom is 0.223 e. The Hall–Kier alpha value is -0.570. The zero-order chi connectivity index (χ0) is 11.4. The molecule has 3 saturated carbocycles. The molecule has 2 N–H and O–H groups in total. The molecular formula is C14H22N2O. The zero-order valence-electron chi connectivity index (χ0n) is 10.3. The van der Waals surface area contributed by atoms with Crippen LogP contribution in [0, 0.1) is 29.6 Å². The highest BCUT2D eigenvalue weighted by Gasteiger charge is 2.67. The smallest absolute Gasteiger partial charge is 0.223 e. The van der Waals surface area contributed by atoms with Gasteiger partial charge in [-0.15, -0.1) is 0 Å². The van der Waals surface area contributed by atoms with Crippen molar-refractivity contribution in [3.8, 4) is 0 Å². The van der Waals surface area contributed by atoms with Crippen LogP contribution in [0.3, 0.4) is 0 Å². The van der Waals surface area contributed by atoms with Gasteiger partial charge in [-0.2, -0.15) is 0 Å². The predicted molar refractivity (Wildman–Crippen MR) is 65.3 cm³/mol. The second-order valence-corrected chi connectivity index (χ2v) is 6.57. The van der Waals surface area contributed by atoms with Crippen LogP contribution in [-0.2, 0) is 4.79 Å². The van der Waals surface area contributed by atoms with Crippen LogP contribution in [0.1, 0.15) is 32.1 Å². The summed E-state index contributed by atoms with van der Waals surface area (Å²) in [4.78, 5) is 12.3. The maximum absolute atomic E-state index is 12.3. The molecule has 1 saturated heterocycles. The molecule has 4 fully saturated rings. The number of hydrogen-bond acceptors (Lipinski definition) is 2. The lowest BCUT2D eigenvalue weighted by atomic mass is 10.0. The molecule has 5 atom stereocenters. The van der Waals surface area contributed by atoms with Gasteiger partial charge in [-0.05, 0) is 62.3 Å². The van der Waals surface area contributed by atoms with Gasteiger partial charge in [0.25, 0.3) is 0 Å². The van der Waals surface area contributed by atoms with Crippen LogP contribution in [0.25, 0.3) is 0 Å². The molecule has 4 aliphatic rings. The highest BCUT2D eigenvalue weighted by molar-refractivity contribution is 5.83. The normalized spacial score (nSPS) is 51.1. The standard InChI is InChI=1S/C14H22N2O/c17-14(16-10-2-1-5-15-7-10)13-11-8-3-4-9(6-8)12(11)13/h8-13,15H,1-7H2,(H,16,17)/t8?,9?,10-,11?,12?,13?/m1/s1. The quantitative estimate of drug-likeness (QED) is 0.752. The van der Waals surface area contributed by atoms with Crippen LogP contribution in [-0.4, -0.2) is 25.0 Å². The van der Waals surface area contributed by atoms with Crippen molar-refractivity contribution >= 4 is 5.91 Å². The number of hydrogen-bond donors (Lipinski definition) is 2. The monoisotopic (exact) mass is 234 g/mol. The van der Waals surface area contributed by atoms with Gasteiger partial charge < -0.3 is 10.6 Å². The van der Waals surface area contributed by atoms with Crippen molar-refractivity contribution in [3.05, 3.63) is 0 Å². The van der Waals surface area contributed by atoms with E-state index in [2.05, 4.69) is 10.6 Å². The first-order valence-electron chi connectivity index (χ1n) is 7.35. The van der Waals surface area contributed by atoms with Crippen LogP contribution in [0.5, 0.6) is 0 Å². The highest BCUT2D eigenvalue weighted by Crippen LogP contribution is 2.69. The molecule has 0 aromatic heterocycles. The average Bonchev–Trinajstić information content (AvgIpc) is 2.80. The Morgan fingerprint density at radius 3 is 2.53 bits per heavy atom.